The number of carbonyl (C=O) groups excluding carboxylic acids is 1. The van der Waals surface area contributed by atoms with Crippen molar-refractivity contribution in [2.45, 2.75) is 12.8 Å². The average Bonchev–Trinajstić information content (AvgIpc) is 2.36. The molecule has 0 aromatic heterocycles. The maximum absolute atomic E-state index is 13.1. The summed E-state index contributed by atoms with van der Waals surface area (Å²) < 4.78 is 26.2. The van der Waals surface area contributed by atoms with E-state index < -0.39 is 35.2 Å². The number of allylic oxidation sites excluding steroid dienone is 2. The summed E-state index contributed by atoms with van der Waals surface area (Å²) >= 11 is 0. The van der Waals surface area contributed by atoms with Crippen LogP contribution in [-0.2, 0) is 4.79 Å². The Morgan fingerprint density at radius 1 is 1.00 bits per heavy atom. The maximum Gasteiger partial charge on any atom is 0.307 e. The van der Waals surface area contributed by atoms with Crippen molar-refractivity contribution in [2.75, 3.05) is 0 Å². The van der Waals surface area contributed by atoms with E-state index in [0.717, 1.165) is 12.1 Å². The predicted octanol–water partition coefficient (Wildman–Crippen LogP) is 2.81. The molecule has 0 bridgehead atoms. The molecule has 19 heavy (non-hydrogen) atoms. The molecule has 0 fully saturated rings. The number of aliphatic carboxylic acids is 1. The number of carboxylic acids is 1. The highest BCUT2D eigenvalue weighted by molar-refractivity contribution is 6.00. The Morgan fingerprint density at radius 2 is 1.53 bits per heavy atom. The average molecular weight is 266 g/mol. The van der Waals surface area contributed by atoms with Crippen LogP contribution in [0.4, 0.5) is 8.78 Å². The number of hydrogen-bond acceptors (Lipinski definition) is 2. The van der Waals surface area contributed by atoms with Gasteiger partial charge >= 0.3 is 5.97 Å². The minimum atomic E-state index is -1.07. The Labute approximate surface area is 108 Å². The summed E-state index contributed by atoms with van der Waals surface area (Å²) in [6, 6.07) is 2.54. The van der Waals surface area contributed by atoms with E-state index in [9.17, 15) is 18.4 Å². The first kappa shape index (κ1) is 13.4. The van der Waals surface area contributed by atoms with Crippen LogP contribution in [0.1, 0.15) is 23.2 Å². The fraction of sp³-hybridized carbons (Fsp3) is 0.286. The summed E-state index contributed by atoms with van der Waals surface area (Å²) in [6.45, 7) is 0. The minimum absolute atomic E-state index is 0.121. The number of halogens is 2. The summed E-state index contributed by atoms with van der Waals surface area (Å²) in [5.41, 5.74) is -0.121. The summed E-state index contributed by atoms with van der Waals surface area (Å²) in [5.74, 6) is -4.91. The third-order valence-electron chi connectivity index (χ3n) is 3.23. The molecule has 5 heteroatoms. The van der Waals surface area contributed by atoms with Gasteiger partial charge in [-0.15, -0.1) is 0 Å². The van der Waals surface area contributed by atoms with Gasteiger partial charge in [0.05, 0.1) is 5.92 Å². The Kier molecular flexibility index (Phi) is 3.74. The normalized spacial score (nSPS) is 22.2. The molecule has 0 amide bonds. The maximum atomic E-state index is 13.1. The topological polar surface area (TPSA) is 54.4 Å². The molecule has 1 aliphatic carbocycles. The lowest BCUT2D eigenvalue weighted by Gasteiger charge is -2.23. The fourth-order valence-corrected chi connectivity index (χ4v) is 2.29. The molecule has 1 N–H and O–H groups in total. The van der Waals surface area contributed by atoms with Gasteiger partial charge in [-0.05, 0) is 25.0 Å². The fourth-order valence-electron chi connectivity index (χ4n) is 2.29. The van der Waals surface area contributed by atoms with Gasteiger partial charge < -0.3 is 5.11 Å². The van der Waals surface area contributed by atoms with Crippen LogP contribution in [-0.4, -0.2) is 16.9 Å². The van der Waals surface area contributed by atoms with Crippen molar-refractivity contribution in [3.8, 4) is 0 Å². The Balaban J connectivity index is 2.31. The molecule has 1 aromatic rings. The SMILES string of the molecule is O=C(O)C1CC=CCC1C(=O)c1cc(F)cc(F)c1. The molecule has 0 aliphatic heterocycles. The van der Waals surface area contributed by atoms with Crippen molar-refractivity contribution in [3.05, 3.63) is 47.5 Å². The number of carbonyl (C=O) groups is 2. The van der Waals surface area contributed by atoms with E-state index in [1.54, 1.807) is 12.2 Å². The minimum Gasteiger partial charge on any atom is -0.481 e. The molecule has 0 radical (unpaired) electrons. The van der Waals surface area contributed by atoms with E-state index in [1.165, 1.54) is 0 Å². The molecule has 0 saturated heterocycles. The lowest BCUT2D eigenvalue weighted by Crippen LogP contribution is -2.31. The van der Waals surface area contributed by atoms with Gasteiger partial charge in [0, 0.05) is 17.5 Å². The van der Waals surface area contributed by atoms with Gasteiger partial charge in [0.15, 0.2) is 5.78 Å². The summed E-state index contributed by atoms with van der Waals surface area (Å²) in [7, 11) is 0. The highest BCUT2D eigenvalue weighted by atomic mass is 19.1. The zero-order chi connectivity index (χ0) is 14.0. The lowest BCUT2D eigenvalue weighted by atomic mass is 9.78. The molecule has 0 heterocycles. The van der Waals surface area contributed by atoms with Gasteiger partial charge in [0.25, 0.3) is 0 Å². The molecule has 2 unspecified atom stereocenters. The quantitative estimate of drug-likeness (QED) is 0.676. The summed E-state index contributed by atoms with van der Waals surface area (Å²) in [4.78, 5) is 23.3. The summed E-state index contributed by atoms with van der Waals surface area (Å²) in [6.07, 6.45) is 3.95. The molecule has 0 spiro atoms. The number of benzene rings is 1. The van der Waals surface area contributed by atoms with Crippen LogP contribution in [0.15, 0.2) is 30.4 Å². The molecule has 2 rings (SSSR count). The Bertz CT molecular complexity index is 531. The van der Waals surface area contributed by atoms with Crippen LogP contribution < -0.4 is 0 Å². The van der Waals surface area contributed by atoms with Crippen LogP contribution >= 0.6 is 0 Å². The third kappa shape index (κ3) is 2.86. The van der Waals surface area contributed by atoms with Crippen molar-refractivity contribution in [1.29, 1.82) is 0 Å². The largest absolute Gasteiger partial charge is 0.481 e. The van der Waals surface area contributed by atoms with Crippen LogP contribution in [0.5, 0.6) is 0 Å². The van der Waals surface area contributed by atoms with Crippen molar-refractivity contribution < 1.29 is 23.5 Å². The second-order valence-corrected chi connectivity index (χ2v) is 4.52. The first-order chi connectivity index (χ1) is 8.99. The van der Waals surface area contributed by atoms with Crippen molar-refractivity contribution in [3.63, 3.8) is 0 Å². The Hall–Kier alpha value is -2.04. The van der Waals surface area contributed by atoms with Crippen LogP contribution in [0.25, 0.3) is 0 Å². The van der Waals surface area contributed by atoms with Crippen LogP contribution in [0.3, 0.4) is 0 Å². The molecule has 3 nitrogen and oxygen atoms in total. The van der Waals surface area contributed by atoms with E-state index in [1.807, 2.05) is 0 Å². The monoisotopic (exact) mass is 266 g/mol. The molecular weight excluding hydrogens is 254 g/mol. The highest BCUT2D eigenvalue weighted by Gasteiger charge is 2.34. The predicted molar refractivity (Wildman–Crippen MR) is 63.7 cm³/mol. The van der Waals surface area contributed by atoms with Gasteiger partial charge in [0.1, 0.15) is 11.6 Å². The second kappa shape index (κ2) is 5.30. The van der Waals surface area contributed by atoms with Gasteiger partial charge in [-0.25, -0.2) is 8.78 Å². The van der Waals surface area contributed by atoms with Crippen molar-refractivity contribution in [2.24, 2.45) is 11.8 Å². The molecule has 2 atom stereocenters. The first-order valence-electron chi connectivity index (χ1n) is 5.87. The van der Waals surface area contributed by atoms with Gasteiger partial charge in [0.2, 0.25) is 0 Å². The number of hydrogen-bond donors (Lipinski definition) is 1. The van der Waals surface area contributed by atoms with E-state index >= 15 is 0 Å². The number of rotatable bonds is 3. The molecule has 100 valence electrons. The first-order valence-corrected chi connectivity index (χ1v) is 5.87. The van der Waals surface area contributed by atoms with E-state index in [0.29, 0.717) is 6.07 Å². The van der Waals surface area contributed by atoms with Crippen LogP contribution in [0.2, 0.25) is 0 Å². The standard InChI is InChI=1S/C14H12F2O3/c15-9-5-8(6-10(16)7-9)13(17)11-3-1-2-4-12(11)14(18)19/h1-2,5-7,11-12H,3-4H2,(H,18,19). The lowest BCUT2D eigenvalue weighted by molar-refractivity contribution is -0.143. The molecule has 1 aliphatic rings. The third-order valence-corrected chi connectivity index (χ3v) is 3.23. The number of carboxylic acid groups (broad SMARTS) is 1. The van der Waals surface area contributed by atoms with E-state index in [-0.39, 0.29) is 18.4 Å². The van der Waals surface area contributed by atoms with Crippen molar-refractivity contribution >= 4 is 11.8 Å². The van der Waals surface area contributed by atoms with E-state index in [4.69, 9.17) is 5.11 Å². The van der Waals surface area contributed by atoms with Gasteiger partial charge in [-0.1, -0.05) is 12.2 Å². The van der Waals surface area contributed by atoms with E-state index in [2.05, 4.69) is 0 Å². The van der Waals surface area contributed by atoms with Crippen LogP contribution in [0, 0.1) is 23.5 Å². The number of ketones is 1. The molecular formula is C14H12F2O3. The van der Waals surface area contributed by atoms with Gasteiger partial charge in [-0.3, -0.25) is 9.59 Å². The number of Topliss-reactive ketones (excluding diaryl/α,β-unsaturated/α-hetero) is 1. The molecule has 1 aromatic carbocycles. The molecule has 0 saturated carbocycles. The zero-order valence-electron chi connectivity index (χ0n) is 9.98. The van der Waals surface area contributed by atoms with Crippen molar-refractivity contribution in [1.82, 2.24) is 0 Å². The zero-order valence-corrected chi connectivity index (χ0v) is 9.98. The summed E-state index contributed by atoms with van der Waals surface area (Å²) in [5, 5.41) is 9.08. The highest BCUT2D eigenvalue weighted by Crippen LogP contribution is 2.29. The van der Waals surface area contributed by atoms with Gasteiger partial charge in [-0.2, -0.15) is 0 Å². The smallest absolute Gasteiger partial charge is 0.307 e. The second-order valence-electron chi connectivity index (χ2n) is 4.52. The Morgan fingerprint density at radius 3 is 2.05 bits per heavy atom.